The van der Waals surface area contributed by atoms with Crippen molar-refractivity contribution in [3.63, 3.8) is 0 Å². The third-order valence-corrected chi connectivity index (χ3v) is 5.42. The quantitative estimate of drug-likeness (QED) is 0.412. The summed E-state index contributed by atoms with van der Waals surface area (Å²) in [4.78, 5) is 27.9. The number of hydrazine groups is 1. The molecule has 0 aliphatic heterocycles. The molecule has 29 heavy (non-hydrogen) atoms. The fourth-order valence-corrected chi connectivity index (χ4v) is 3.25. The van der Waals surface area contributed by atoms with E-state index in [1.807, 2.05) is 5.43 Å². The van der Waals surface area contributed by atoms with Crippen LogP contribution in [0.1, 0.15) is 33.2 Å². The first-order valence-corrected chi connectivity index (χ1v) is 9.57. The van der Waals surface area contributed by atoms with Crippen molar-refractivity contribution in [1.82, 2.24) is 11.0 Å². The van der Waals surface area contributed by atoms with Gasteiger partial charge in [-0.25, -0.2) is 17.6 Å². The van der Waals surface area contributed by atoms with Gasteiger partial charge in [-0.15, -0.1) is 0 Å². The van der Waals surface area contributed by atoms with Crippen molar-refractivity contribution in [2.45, 2.75) is 18.0 Å². The van der Waals surface area contributed by atoms with Crippen LogP contribution in [0.2, 0.25) is 0 Å². The maximum absolute atomic E-state index is 13.4. The normalized spacial score (nSPS) is 11.8. The number of hydrogen-bond donors (Lipinski definition) is 2. The number of hydrogen-bond acceptors (Lipinski definition) is 6. The van der Waals surface area contributed by atoms with Crippen LogP contribution in [0.3, 0.4) is 0 Å². The van der Waals surface area contributed by atoms with Crippen LogP contribution in [0.4, 0.5) is 17.6 Å². The van der Waals surface area contributed by atoms with Gasteiger partial charge in [0.2, 0.25) is 0 Å². The maximum atomic E-state index is 13.4. The lowest BCUT2D eigenvalue weighted by Crippen LogP contribution is -2.39. The Kier molecular flexibility index (Phi) is 6.59. The minimum atomic E-state index is -4.67. The zero-order valence-electron chi connectivity index (χ0n) is 14.7. The highest BCUT2D eigenvalue weighted by Crippen LogP contribution is 2.29. The van der Waals surface area contributed by atoms with Crippen molar-refractivity contribution in [2.75, 3.05) is 5.75 Å². The molecule has 156 valence electrons. The minimum absolute atomic E-state index is 0.350. The lowest BCUT2D eigenvalue weighted by atomic mass is 10.1. The summed E-state index contributed by atoms with van der Waals surface area (Å²) in [5.74, 6) is -3.63. The Bertz CT molecular complexity index is 1040. The van der Waals surface area contributed by atoms with Gasteiger partial charge in [0.1, 0.15) is 5.82 Å². The number of carbonyl (C=O) groups is 2. The van der Waals surface area contributed by atoms with Gasteiger partial charge in [0, 0.05) is 0 Å². The highest BCUT2D eigenvalue weighted by Gasteiger charge is 2.31. The number of halogens is 4. The van der Waals surface area contributed by atoms with Crippen molar-refractivity contribution in [1.29, 1.82) is 0 Å². The van der Waals surface area contributed by atoms with Crippen LogP contribution >= 0.6 is 0 Å². The molecule has 12 heteroatoms. The smallest absolute Gasteiger partial charge is 0.346 e. The first-order valence-electron chi connectivity index (χ1n) is 7.92. The molecule has 0 saturated carbocycles. The van der Waals surface area contributed by atoms with Gasteiger partial charge in [-0.1, -0.05) is 18.6 Å². The number of alkyl halides is 3. The Balaban J connectivity index is 2.09. The van der Waals surface area contributed by atoms with Gasteiger partial charge in [-0.3, -0.25) is 10.2 Å². The Morgan fingerprint density at radius 3 is 2.41 bits per heavy atom. The van der Waals surface area contributed by atoms with Crippen LogP contribution in [-0.4, -0.2) is 26.0 Å². The second-order valence-electron chi connectivity index (χ2n) is 5.57. The summed E-state index contributed by atoms with van der Waals surface area (Å²) in [7, 11) is -3.86. The van der Waals surface area contributed by atoms with Crippen LogP contribution < -0.4 is 11.0 Å². The van der Waals surface area contributed by atoms with E-state index >= 15 is 0 Å². The van der Waals surface area contributed by atoms with Gasteiger partial charge >= 0.3 is 12.1 Å². The molecule has 0 spiro atoms. The summed E-state index contributed by atoms with van der Waals surface area (Å²) in [6.07, 6.45) is -4.67. The van der Waals surface area contributed by atoms with E-state index < -0.39 is 55.3 Å². The van der Waals surface area contributed by atoms with Gasteiger partial charge in [0.05, 0.1) is 27.3 Å². The van der Waals surface area contributed by atoms with Gasteiger partial charge in [-0.2, -0.15) is 13.2 Å². The average Bonchev–Trinajstić information content (AvgIpc) is 2.67. The van der Waals surface area contributed by atoms with Crippen LogP contribution in [0.25, 0.3) is 0 Å². The molecule has 0 unspecified atom stereocenters. The molecule has 2 rings (SSSR count). The molecule has 0 aliphatic carbocycles. The fraction of sp³-hybridized carbons (Fsp3) is 0.176. The first-order chi connectivity index (χ1) is 13.5. The van der Waals surface area contributed by atoms with Crippen LogP contribution in [-0.2, 0) is 20.9 Å². The zero-order chi connectivity index (χ0) is 21.8. The van der Waals surface area contributed by atoms with Crippen LogP contribution in [0.15, 0.2) is 47.4 Å². The van der Waals surface area contributed by atoms with E-state index in [2.05, 4.69) is 4.84 Å². The first kappa shape index (κ1) is 22.3. The number of sulfone groups is 1. The predicted molar refractivity (Wildman–Crippen MR) is 91.6 cm³/mol. The standard InChI is InChI=1S/C17H14F4N2O5S/c1-2-29(26,27)14-7-6-12(18)9-13(14)15(24)22-23-28-16(25)10-4-3-5-11(8-10)17(19,20)21/h3-9,23H,2H2,1H3,(H,22,24). The number of rotatable bonds is 6. The minimum Gasteiger partial charge on any atom is -0.346 e. The van der Waals surface area contributed by atoms with Crippen LogP contribution in [0, 0.1) is 5.82 Å². The Labute approximate surface area is 162 Å². The Morgan fingerprint density at radius 2 is 1.79 bits per heavy atom. The molecule has 0 saturated heterocycles. The number of benzene rings is 2. The van der Waals surface area contributed by atoms with E-state index in [1.54, 1.807) is 5.59 Å². The number of nitrogens with one attached hydrogen (secondary N) is 2. The topological polar surface area (TPSA) is 102 Å². The van der Waals surface area contributed by atoms with Gasteiger partial charge in [0.25, 0.3) is 5.91 Å². The second-order valence-corrected chi connectivity index (χ2v) is 7.81. The summed E-state index contributed by atoms with van der Waals surface area (Å²) in [6.45, 7) is 1.33. The highest BCUT2D eigenvalue weighted by atomic mass is 32.2. The molecule has 1 amide bonds. The second kappa shape index (κ2) is 8.57. The monoisotopic (exact) mass is 434 g/mol. The third kappa shape index (κ3) is 5.51. The molecule has 0 fully saturated rings. The van der Waals surface area contributed by atoms with Crippen molar-refractivity contribution >= 4 is 21.7 Å². The highest BCUT2D eigenvalue weighted by molar-refractivity contribution is 7.91. The summed E-state index contributed by atoms with van der Waals surface area (Å²) in [6, 6.07) is 5.80. The predicted octanol–water partition coefficient (Wildman–Crippen LogP) is 2.64. The Morgan fingerprint density at radius 1 is 1.10 bits per heavy atom. The summed E-state index contributed by atoms with van der Waals surface area (Å²) < 4.78 is 75.5. The molecule has 0 bridgehead atoms. The third-order valence-electron chi connectivity index (χ3n) is 3.64. The molecular formula is C17H14F4N2O5S. The van der Waals surface area contributed by atoms with E-state index in [0.29, 0.717) is 12.1 Å². The number of carbonyl (C=O) groups excluding carboxylic acids is 2. The van der Waals surface area contributed by atoms with Crippen molar-refractivity contribution in [3.05, 3.63) is 65.0 Å². The van der Waals surface area contributed by atoms with E-state index in [9.17, 15) is 35.6 Å². The number of amides is 1. The SMILES string of the molecule is CCS(=O)(=O)c1ccc(F)cc1C(=O)NNOC(=O)c1cccc(C(F)(F)F)c1. The fourth-order valence-electron chi connectivity index (χ4n) is 2.17. The van der Waals surface area contributed by atoms with Crippen molar-refractivity contribution in [2.24, 2.45) is 0 Å². The maximum Gasteiger partial charge on any atom is 0.416 e. The van der Waals surface area contributed by atoms with E-state index in [4.69, 9.17) is 0 Å². The molecule has 0 aliphatic rings. The molecular weight excluding hydrogens is 420 g/mol. The van der Waals surface area contributed by atoms with E-state index in [0.717, 1.165) is 30.3 Å². The largest absolute Gasteiger partial charge is 0.416 e. The lowest BCUT2D eigenvalue weighted by molar-refractivity contribution is -0.137. The van der Waals surface area contributed by atoms with E-state index in [1.165, 1.54) is 6.92 Å². The van der Waals surface area contributed by atoms with Gasteiger partial charge < -0.3 is 4.84 Å². The summed E-state index contributed by atoms with van der Waals surface area (Å²) >= 11 is 0. The zero-order valence-corrected chi connectivity index (χ0v) is 15.5. The molecule has 0 atom stereocenters. The van der Waals surface area contributed by atoms with Gasteiger partial charge in [-0.05, 0) is 36.4 Å². The summed E-state index contributed by atoms with van der Waals surface area (Å²) in [5, 5.41) is 0. The molecule has 2 aromatic rings. The molecule has 7 nitrogen and oxygen atoms in total. The van der Waals surface area contributed by atoms with E-state index in [-0.39, 0.29) is 5.75 Å². The van der Waals surface area contributed by atoms with Gasteiger partial charge in [0.15, 0.2) is 9.84 Å². The van der Waals surface area contributed by atoms with Crippen LogP contribution in [0.5, 0.6) is 0 Å². The lowest BCUT2D eigenvalue weighted by Gasteiger charge is -2.11. The molecule has 0 radical (unpaired) electrons. The molecule has 2 aromatic carbocycles. The molecule has 2 N–H and O–H groups in total. The summed E-state index contributed by atoms with van der Waals surface area (Å²) in [5.41, 5.74) is 1.45. The van der Waals surface area contributed by atoms with Crippen molar-refractivity contribution in [3.8, 4) is 0 Å². The Hall–Kier alpha value is -2.99. The van der Waals surface area contributed by atoms with Crippen molar-refractivity contribution < 1.29 is 40.4 Å². The molecule has 0 aromatic heterocycles. The average molecular weight is 434 g/mol. The molecule has 0 heterocycles.